The monoisotopic (exact) mass is 347 g/mol. The van der Waals surface area contributed by atoms with Gasteiger partial charge in [-0.05, 0) is 24.3 Å². The zero-order chi connectivity index (χ0) is 17.1. The van der Waals surface area contributed by atoms with Gasteiger partial charge in [-0.1, -0.05) is 5.59 Å². The molecule has 0 saturated heterocycles. The van der Waals surface area contributed by atoms with Gasteiger partial charge >= 0.3 is 5.95 Å². The standard InChI is InChI=1S/C14H13N5O4S/c1-8(20)16-17-14-15-11(7-24-14)12-13(21)23-18-19(12)9-3-5-10(22-2)6-4-9/h3-7,18,21H,1-2H3. The van der Waals surface area contributed by atoms with Crippen molar-refractivity contribution in [3.63, 3.8) is 0 Å². The third-order valence-electron chi connectivity index (χ3n) is 3.00. The number of nitrogens with one attached hydrogen (secondary N) is 1. The van der Waals surface area contributed by atoms with Gasteiger partial charge in [-0.15, -0.1) is 21.6 Å². The summed E-state index contributed by atoms with van der Waals surface area (Å²) in [5, 5.41) is 20.6. The third kappa shape index (κ3) is 3.19. The number of aliphatic hydroxyl groups excluding tert-OH is 1. The van der Waals surface area contributed by atoms with Gasteiger partial charge in [-0.25, -0.2) is 9.99 Å². The van der Waals surface area contributed by atoms with Crippen LogP contribution in [0.1, 0.15) is 12.6 Å². The van der Waals surface area contributed by atoms with Crippen LogP contribution in [-0.4, -0.2) is 23.1 Å². The molecule has 2 aromatic rings. The number of amides is 1. The Morgan fingerprint density at radius 1 is 1.42 bits per heavy atom. The molecule has 0 aliphatic carbocycles. The van der Waals surface area contributed by atoms with Gasteiger partial charge in [0.1, 0.15) is 11.4 Å². The maximum absolute atomic E-state index is 10.8. The van der Waals surface area contributed by atoms with Gasteiger partial charge in [0.05, 0.1) is 12.8 Å². The lowest BCUT2D eigenvalue weighted by atomic mass is 10.2. The third-order valence-corrected chi connectivity index (χ3v) is 3.73. The molecule has 0 atom stereocenters. The summed E-state index contributed by atoms with van der Waals surface area (Å²) in [6, 6.07) is 7.13. The molecule has 0 fully saturated rings. The van der Waals surface area contributed by atoms with Gasteiger partial charge in [0.25, 0.3) is 5.91 Å². The van der Waals surface area contributed by atoms with Crippen LogP contribution in [0.25, 0.3) is 5.70 Å². The number of aliphatic hydroxyl groups is 1. The highest BCUT2D eigenvalue weighted by atomic mass is 32.1. The van der Waals surface area contributed by atoms with Crippen LogP contribution in [0.2, 0.25) is 0 Å². The van der Waals surface area contributed by atoms with Crippen LogP contribution in [-0.2, 0) is 9.63 Å². The molecule has 1 aliphatic heterocycles. The highest BCUT2D eigenvalue weighted by molar-refractivity contribution is 7.13. The molecule has 10 heteroatoms. The molecule has 1 aromatic carbocycles. The highest BCUT2D eigenvalue weighted by Gasteiger charge is 2.29. The number of benzene rings is 1. The molecule has 2 N–H and O–H groups in total. The maximum Gasteiger partial charge on any atom is 0.327 e. The van der Waals surface area contributed by atoms with Crippen molar-refractivity contribution >= 4 is 33.8 Å². The molecule has 0 spiro atoms. The van der Waals surface area contributed by atoms with Gasteiger partial charge < -0.3 is 14.7 Å². The van der Waals surface area contributed by atoms with Crippen LogP contribution < -0.4 is 15.3 Å². The molecule has 124 valence electrons. The molecule has 1 aromatic heterocycles. The average molecular weight is 347 g/mol. The molecule has 24 heavy (non-hydrogen) atoms. The van der Waals surface area contributed by atoms with Gasteiger partial charge in [0.2, 0.25) is 5.13 Å². The number of carbonyl (C=O) groups is 1. The minimum atomic E-state index is -0.417. The number of anilines is 1. The number of carbonyl (C=O) groups excluding carboxylic acids is 1. The second kappa shape index (κ2) is 6.64. The molecule has 0 bridgehead atoms. The van der Waals surface area contributed by atoms with E-state index in [1.54, 1.807) is 36.8 Å². The fraction of sp³-hybridized carbons (Fsp3) is 0.143. The first-order valence-electron chi connectivity index (χ1n) is 6.76. The summed E-state index contributed by atoms with van der Waals surface area (Å²) < 4.78 is 5.12. The first-order chi connectivity index (χ1) is 11.6. The minimum Gasteiger partial charge on any atom is -0.497 e. The zero-order valence-electron chi connectivity index (χ0n) is 12.8. The van der Waals surface area contributed by atoms with Crippen LogP contribution in [0.4, 0.5) is 10.8 Å². The second-order valence-electron chi connectivity index (χ2n) is 4.61. The molecule has 3 rings (SSSR count). The summed E-state index contributed by atoms with van der Waals surface area (Å²) in [5.41, 5.74) is 4.04. The summed E-state index contributed by atoms with van der Waals surface area (Å²) in [4.78, 5) is 20.1. The molecule has 9 nitrogen and oxygen atoms in total. The highest BCUT2D eigenvalue weighted by Crippen LogP contribution is 2.33. The largest absolute Gasteiger partial charge is 0.497 e. The fourth-order valence-corrected chi connectivity index (χ4v) is 2.57. The number of nitrogens with zero attached hydrogens (tertiary/aromatic N) is 4. The molecule has 0 radical (unpaired) electrons. The van der Waals surface area contributed by atoms with Gasteiger partial charge in [-0.2, -0.15) is 0 Å². The van der Waals surface area contributed by atoms with Crippen molar-refractivity contribution in [2.75, 3.05) is 12.1 Å². The number of hydrazine groups is 1. The fourth-order valence-electron chi connectivity index (χ4n) is 1.95. The van der Waals surface area contributed by atoms with Crippen LogP contribution in [0.15, 0.2) is 45.8 Å². The smallest absolute Gasteiger partial charge is 0.327 e. The number of hydrogen-bond acceptors (Lipinski definition) is 9. The van der Waals surface area contributed by atoms with Crippen LogP contribution >= 0.6 is 11.3 Å². The van der Waals surface area contributed by atoms with E-state index >= 15 is 0 Å². The Balaban J connectivity index is 1.89. The lowest BCUT2D eigenvalue weighted by Crippen LogP contribution is -2.30. The number of hydrogen-bond donors (Lipinski definition) is 2. The van der Waals surface area contributed by atoms with Crippen molar-refractivity contribution in [3.05, 3.63) is 41.3 Å². The van der Waals surface area contributed by atoms with E-state index in [9.17, 15) is 9.90 Å². The predicted octanol–water partition coefficient (Wildman–Crippen LogP) is 2.92. The van der Waals surface area contributed by atoms with Crippen molar-refractivity contribution in [2.24, 2.45) is 10.2 Å². The van der Waals surface area contributed by atoms with E-state index in [1.165, 1.54) is 23.3 Å². The molecule has 2 heterocycles. The Morgan fingerprint density at radius 2 is 2.17 bits per heavy atom. The SMILES string of the molecule is COc1ccc(N2NOC(O)=C2c2csc(N=NC(C)=O)n2)cc1. The maximum atomic E-state index is 10.8. The normalized spacial score (nSPS) is 14.3. The lowest BCUT2D eigenvalue weighted by molar-refractivity contribution is -0.116. The summed E-state index contributed by atoms with van der Waals surface area (Å²) in [7, 11) is 1.58. The molecule has 1 aliphatic rings. The summed E-state index contributed by atoms with van der Waals surface area (Å²) in [5.74, 6) is -0.0417. The van der Waals surface area contributed by atoms with Crippen LogP contribution in [0.5, 0.6) is 5.75 Å². The quantitative estimate of drug-likeness (QED) is 0.818. The first-order valence-corrected chi connectivity index (χ1v) is 7.64. The number of aromatic nitrogens is 1. The van der Waals surface area contributed by atoms with Gasteiger partial charge in [-0.3, -0.25) is 4.79 Å². The summed E-state index contributed by atoms with van der Waals surface area (Å²) in [6.45, 7) is 1.30. The van der Waals surface area contributed by atoms with E-state index in [0.717, 1.165) is 0 Å². The number of methoxy groups -OCH3 is 1. The van der Waals surface area contributed by atoms with Crippen molar-refractivity contribution < 1.29 is 19.5 Å². The van der Waals surface area contributed by atoms with E-state index in [0.29, 0.717) is 28.0 Å². The summed E-state index contributed by atoms with van der Waals surface area (Å²) in [6.07, 6.45) is 0. The van der Waals surface area contributed by atoms with E-state index in [1.807, 2.05) is 0 Å². The van der Waals surface area contributed by atoms with Crippen molar-refractivity contribution in [1.29, 1.82) is 0 Å². The molecule has 0 saturated carbocycles. The van der Waals surface area contributed by atoms with Gasteiger partial charge in [0.15, 0.2) is 5.70 Å². The minimum absolute atomic E-state index is 0.294. The van der Waals surface area contributed by atoms with Crippen LogP contribution in [0, 0.1) is 0 Å². The molecular formula is C14H13N5O4S. The van der Waals surface area contributed by atoms with Gasteiger partial charge in [0, 0.05) is 12.3 Å². The topological polar surface area (TPSA) is 109 Å². The Morgan fingerprint density at radius 3 is 2.83 bits per heavy atom. The average Bonchev–Trinajstić information content (AvgIpc) is 3.19. The number of thiazole rings is 1. The summed E-state index contributed by atoms with van der Waals surface area (Å²) >= 11 is 1.18. The second-order valence-corrected chi connectivity index (χ2v) is 5.45. The zero-order valence-corrected chi connectivity index (χ0v) is 13.6. The van der Waals surface area contributed by atoms with Crippen molar-refractivity contribution in [1.82, 2.24) is 10.6 Å². The number of ether oxygens (including phenoxy) is 1. The number of rotatable bonds is 4. The molecule has 1 amide bonds. The Kier molecular flexibility index (Phi) is 4.40. The van der Waals surface area contributed by atoms with Crippen molar-refractivity contribution in [3.8, 4) is 5.75 Å². The lowest BCUT2D eigenvalue weighted by Gasteiger charge is -2.17. The molecule has 0 unspecified atom stereocenters. The van der Waals surface area contributed by atoms with Crippen LogP contribution in [0.3, 0.4) is 0 Å². The Bertz CT molecular complexity index is 815. The van der Waals surface area contributed by atoms with E-state index in [4.69, 9.17) is 9.57 Å². The van der Waals surface area contributed by atoms with E-state index in [-0.39, 0.29) is 5.95 Å². The Labute approximate surface area is 140 Å². The van der Waals surface area contributed by atoms with E-state index in [2.05, 4.69) is 20.8 Å². The predicted molar refractivity (Wildman–Crippen MR) is 86.6 cm³/mol. The number of azo groups is 1. The first kappa shape index (κ1) is 15.9. The van der Waals surface area contributed by atoms with E-state index < -0.39 is 5.91 Å². The molecular weight excluding hydrogens is 334 g/mol. The Hall–Kier alpha value is -2.98. The van der Waals surface area contributed by atoms with Crippen molar-refractivity contribution in [2.45, 2.75) is 6.92 Å².